The number of benzene rings is 4. The summed E-state index contributed by atoms with van der Waals surface area (Å²) in [6.45, 7) is 18.1. The number of nitrogens with zero attached hydrogens (tertiary/aromatic N) is 2. The minimum absolute atomic E-state index is 0.0144. The third-order valence-electron chi connectivity index (χ3n) is 9.68. The molecule has 0 fully saturated rings. The summed E-state index contributed by atoms with van der Waals surface area (Å²) < 4.78 is 77.8. The van der Waals surface area contributed by atoms with Crippen LogP contribution in [0.2, 0.25) is 0 Å². The number of nitrogens with two attached hydrogens (primary N) is 1. The van der Waals surface area contributed by atoms with Gasteiger partial charge in [0.15, 0.2) is 0 Å². The Morgan fingerprint density at radius 2 is 0.951 bits per heavy atom. The molecule has 6 rings (SSSR count). The van der Waals surface area contributed by atoms with Crippen molar-refractivity contribution in [2.75, 3.05) is 46.7 Å². The number of nitrogen functional groups attached to an aromatic ring is 1. The minimum Gasteiger partial charge on any atom is -0.454 e. The Morgan fingerprint density at radius 3 is 1.35 bits per heavy atom. The van der Waals surface area contributed by atoms with Gasteiger partial charge in [0, 0.05) is 91.8 Å². The molecule has 0 spiro atoms. The summed E-state index contributed by atoms with van der Waals surface area (Å²) in [5.41, 5.74) is 8.10. The largest absolute Gasteiger partial charge is 0.454 e. The summed E-state index contributed by atoms with van der Waals surface area (Å²) in [5, 5.41) is 9.27. The Morgan fingerprint density at radius 1 is 0.568 bits per heavy atom. The Hall–Kier alpha value is -6.09. The van der Waals surface area contributed by atoms with Gasteiger partial charge < -0.3 is 24.7 Å². The highest BCUT2D eigenvalue weighted by Gasteiger charge is 2.28. The lowest BCUT2D eigenvalue weighted by atomic mass is 10.1. The smallest absolute Gasteiger partial charge is 0.411 e. The van der Waals surface area contributed by atoms with Gasteiger partial charge in [0.25, 0.3) is 0 Å². The number of carbonyl (C=O) groups is 4. The molecule has 3 amide bonds. The quantitative estimate of drug-likeness (QED) is 0.0144. The van der Waals surface area contributed by atoms with E-state index in [0.717, 1.165) is 11.1 Å². The van der Waals surface area contributed by atoms with Gasteiger partial charge in [-0.05, 0) is 155 Å². The number of hydrogen-bond acceptors (Lipinski definition) is 17. The summed E-state index contributed by atoms with van der Waals surface area (Å²) in [6.07, 6.45) is 2.19. The molecule has 0 aliphatic heterocycles. The van der Waals surface area contributed by atoms with Gasteiger partial charge in [0.2, 0.25) is 20.0 Å². The molecule has 7 N–H and O–H groups in total. The van der Waals surface area contributed by atoms with E-state index in [2.05, 4.69) is 40.1 Å². The van der Waals surface area contributed by atoms with E-state index in [1.54, 1.807) is 142 Å². The lowest BCUT2D eigenvalue weighted by molar-refractivity contribution is 0.129. The fraction of sp³-hybridized carbons (Fsp3) is 0.370. The molecule has 440 valence electrons. The van der Waals surface area contributed by atoms with Crippen molar-refractivity contribution in [3.05, 3.63) is 97.3 Å². The van der Waals surface area contributed by atoms with Gasteiger partial charge in [0.1, 0.15) is 10.0 Å². The number of alkyl halides is 2. The van der Waals surface area contributed by atoms with Crippen molar-refractivity contribution in [3.63, 3.8) is 0 Å². The van der Waals surface area contributed by atoms with Crippen LogP contribution in [0, 0.1) is 0 Å². The molecule has 2 heterocycles. The summed E-state index contributed by atoms with van der Waals surface area (Å²) in [5.74, 6) is 0.845. The molecule has 6 aromatic rings. The first-order valence-electron chi connectivity index (χ1n) is 25.0. The first-order chi connectivity index (χ1) is 37.9. The first kappa shape index (κ1) is 67.4. The van der Waals surface area contributed by atoms with E-state index < -0.39 is 54.8 Å². The molecule has 81 heavy (non-hydrogen) atoms. The van der Waals surface area contributed by atoms with Gasteiger partial charge in [-0.15, -0.1) is 45.9 Å². The SMILES string of the molecule is CC(C)OC(=O)Nc1ccc(-c2ncc(-c3ccc(N)cc3S(=O)(=O)NC(C)(C)C)s2)cc1.CC(C)OC(=O)Nc1ccc(-c2ncc(-c3ccc(NC(=O)OCCCCl)cc3S(=O)(=O)NC(C)(C)C)s2)cc1.O=C(Cl)OCCCCl. The maximum Gasteiger partial charge on any atom is 0.411 e. The van der Waals surface area contributed by atoms with Gasteiger partial charge in [-0.1, -0.05) is 12.1 Å². The van der Waals surface area contributed by atoms with Crippen LogP contribution in [0.4, 0.5) is 41.9 Å². The van der Waals surface area contributed by atoms with Crippen LogP contribution in [0.15, 0.2) is 107 Å². The zero-order valence-corrected chi connectivity index (χ0v) is 51.8. The Labute approximate surface area is 496 Å². The van der Waals surface area contributed by atoms with Crippen molar-refractivity contribution in [2.45, 2.75) is 115 Å². The highest BCUT2D eigenvalue weighted by Crippen LogP contribution is 2.39. The van der Waals surface area contributed by atoms with Gasteiger partial charge in [-0.25, -0.2) is 55.4 Å². The second kappa shape index (κ2) is 30.8. The van der Waals surface area contributed by atoms with E-state index in [1.807, 2.05) is 12.1 Å². The number of amides is 3. The number of halogens is 3. The fourth-order valence-electron chi connectivity index (χ4n) is 6.67. The van der Waals surface area contributed by atoms with Crippen LogP contribution < -0.4 is 31.1 Å². The molecular weight excluding hydrogens is 1190 g/mol. The summed E-state index contributed by atoms with van der Waals surface area (Å²) in [6, 6.07) is 23.7. The normalized spacial score (nSPS) is 11.6. The van der Waals surface area contributed by atoms with E-state index in [0.29, 0.717) is 79.2 Å². The predicted octanol–water partition coefficient (Wildman–Crippen LogP) is 13.8. The molecule has 0 unspecified atom stereocenters. The number of rotatable bonds is 19. The number of anilines is 4. The Balaban J connectivity index is 0.000000311. The molecule has 20 nitrogen and oxygen atoms in total. The summed E-state index contributed by atoms with van der Waals surface area (Å²) in [7, 11) is -7.79. The zero-order chi connectivity index (χ0) is 60.3. The molecule has 0 bridgehead atoms. The van der Waals surface area contributed by atoms with Crippen molar-refractivity contribution in [1.29, 1.82) is 0 Å². The molecule has 0 saturated heterocycles. The van der Waals surface area contributed by atoms with Crippen LogP contribution in [0.5, 0.6) is 0 Å². The van der Waals surface area contributed by atoms with E-state index in [1.165, 1.54) is 34.8 Å². The molecule has 2 aromatic heterocycles. The van der Waals surface area contributed by atoms with E-state index in [-0.39, 0.29) is 34.3 Å². The predicted molar refractivity (Wildman–Crippen MR) is 324 cm³/mol. The standard InChI is InChI=1S/C27H33ClN4O6S2.C23H28N4O4S2.C4H6Cl2O2/c1-17(2)38-26(34)30-19-9-7-18(8-10-19)24-29-16-22(39-24)21-12-11-20(31-25(33)37-14-6-13-28)15-23(21)40(35,36)32-27(3,4)5;1-14(2)31-22(28)26-17-9-6-15(7-10-17)21-25-13-19(32-21)18-11-8-16(24)12-20(18)33(29,30)27-23(3,4)5;5-2-1-3-8-4(6)7/h7-12,15-17,32H,6,13-14H2,1-5H3,(H,30,34)(H,31,33);6-14,27H,24H2,1-5H3,(H,26,28);1-3H2. The van der Waals surface area contributed by atoms with Crippen LogP contribution in [0.3, 0.4) is 0 Å². The van der Waals surface area contributed by atoms with Gasteiger partial charge >= 0.3 is 23.7 Å². The average Bonchev–Trinajstić information content (AvgIpc) is 4.13. The lowest BCUT2D eigenvalue weighted by Gasteiger charge is -2.22. The summed E-state index contributed by atoms with van der Waals surface area (Å²) >= 11 is 18.4. The third-order valence-corrected chi connectivity index (χ3v) is 16.1. The second-order valence-corrected chi connectivity index (χ2v) is 26.4. The van der Waals surface area contributed by atoms with Crippen LogP contribution in [0.25, 0.3) is 42.0 Å². The van der Waals surface area contributed by atoms with Gasteiger partial charge in [0.05, 0.1) is 45.0 Å². The molecule has 0 aliphatic rings. The van der Waals surface area contributed by atoms with E-state index >= 15 is 0 Å². The molecule has 4 aromatic carbocycles. The highest BCUT2D eigenvalue weighted by molar-refractivity contribution is 7.90. The number of sulfonamides is 2. The van der Waals surface area contributed by atoms with Crippen molar-refractivity contribution in [2.24, 2.45) is 0 Å². The number of carbonyl (C=O) groups excluding carboxylic acids is 4. The molecule has 0 radical (unpaired) electrons. The van der Waals surface area contributed by atoms with Crippen molar-refractivity contribution < 1.29 is 55.0 Å². The molecule has 0 saturated carbocycles. The fourth-order valence-corrected chi connectivity index (χ4v) is 12.4. The van der Waals surface area contributed by atoms with Crippen LogP contribution in [0.1, 0.15) is 82.1 Å². The highest BCUT2D eigenvalue weighted by atomic mass is 35.5. The lowest BCUT2D eigenvalue weighted by Crippen LogP contribution is -2.40. The first-order valence-corrected chi connectivity index (χ1v) is 31.0. The van der Waals surface area contributed by atoms with Crippen LogP contribution in [-0.4, -0.2) is 98.8 Å². The minimum atomic E-state index is -3.99. The molecule has 0 aliphatic carbocycles. The van der Waals surface area contributed by atoms with Crippen LogP contribution >= 0.6 is 57.5 Å². The van der Waals surface area contributed by atoms with Crippen molar-refractivity contribution in [3.8, 4) is 42.0 Å². The topological polar surface area (TPSA) is 285 Å². The number of thiazole rings is 2. The molecule has 0 atom stereocenters. The second-order valence-electron chi connectivity index (χ2n) is 20.0. The number of nitrogens with one attached hydrogen (secondary N) is 5. The number of hydrogen-bond donors (Lipinski definition) is 6. The number of ether oxygens (including phenoxy) is 4. The van der Waals surface area contributed by atoms with Crippen molar-refractivity contribution in [1.82, 2.24) is 19.4 Å². The summed E-state index contributed by atoms with van der Waals surface area (Å²) in [4.78, 5) is 55.9. The Kier molecular flexibility index (Phi) is 25.6. The van der Waals surface area contributed by atoms with Gasteiger partial charge in [-0.3, -0.25) is 16.0 Å². The van der Waals surface area contributed by atoms with E-state index in [4.69, 9.17) is 54.7 Å². The Bertz CT molecular complexity index is 3290. The third kappa shape index (κ3) is 23.4. The monoisotopic (exact) mass is 1250 g/mol. The maximum atomic E-state index is 13.4. The number of aromatic nitrogens is 2. The van der Waals surface area contributed by atoms with E-state index in [9.17, 15) is 36.0 Å². The average molecular weight is 1250 g/mol. The van der Waals surface area contributed by atoms with Gasteiger partial charge in [-0.2, -0.15) is 0 Å². The molecular formula is C54H67Cl3N8O12S4. The van der Waals surface area contributed by atoms with Crippen LogP contribution in [-0.2, 0) is 39.0 Å². The molecule has 27 heteroatoms. The van der Waals surface area contributed by atoms with Crippen molar-refractivity contribution >= 4 is 124 Å². The zero-order valence-electron chi connectivity index (χ0n) is 46.3. The maximum absolute atomic E-state index is 13.4.